The van der Waals surface area contributed by atoms with Crippen LogP contribution in [0.4, 0.5) is 24.2 Å². The molecule has 4 aliphatic rings. The average Bonchev–Trinajstić information content (AvgIpc) is 3.60. The number of rotatable bonds is 6. The largest absolute Gasteiger partial charge is 0.443 e. The van der Waals surface area contributed by atoms with Crippen molar-refractivity contribution >= 4 is 23.9 Å². The summed E-state index contributed by atoms with van der Waals surface area (Å²) < 4.78 is 52.3. The van der Waals surface area contributed by atoms with E-state index in [1.165, 1.54) is 29.6 Å². The first-order valence-corrected chi connectivity index (χ1v) is 14.4. The molecule has 0 radical (unpaired) electrons. The monoisotopic (exact) mass is 617 g/mol. The van der Waals surface area contributed by atoms with Crippen LogP contribution in [0.25, 0.3) is 0 Å². The van der Waals surface area contributed by atoms with Gasteiger partial charge in [-0.05, 0) is 47.1 Å². The van der Waals surface area contributed by atoms with Crippen LogP contribution in [0.3, 0.4) is 0 Å². The zero-order valence-corrected chi connectivity index (χ0v) is 25.3. The number of aromatic nitrogens is 2. The van der Waals surface area contributed by atoms with E-state index in [0.717, 1.165) is 6.08 Å². The second-order valence-electron chi connectivity index (χ2n) is 12.8. The minimum atomic E-state index is -1.43. The number of anilines is 1. The van der Waals surface area contributed by atoms with E-state index < -0.39 is 58.6 Å². The molecule has 2 fully saturated rings. The second-order valence-corrected chi connectivity index (χ2v) is 12.8. The SMILES string of the molecule is CC(C)(C)OC(=O)N(C[C@H]1OC(=O)NC1C1(C2=CC(C)(C)N(C(=O)[C@@H]3COCO3)CC2)C=C(F)C=C(F)C1)c1cnccn1. The molecule has 0 aromatic carbocycles. The number of cyclic esters (lactones) is 1. The first-order valence-electron chi connectivity index (χ1n) is 14.4. The number of ether oxygens (including phenoxy) is 4. The van der Waals surface area contributed by atoms with Crippen LogP contribution in [0.2, 0.25) is 0 Å². The van der Waals surface area contributed by atoms with Gasteiger partial charge in [-0.15, -0.1) is 0 Å². The molecule has 14 heteroatoms. The van der Waals surface area contributed by atoms with E-state index in [-0.39, 0.29) is 51.1 Å². The second kappa shape index (κ2) is 11.9. The summed E-state index contributed by atoms with van der Waals surface area (Å²) >= 11 is 0. The third-order valence-corrected chi connectivity index (χ3v) is 8.00. The number of alkyl carbamates (subject to hydrolysis) is 1. The van der Waals surface area contributed by atoms with Gasteiger partial charge in [-0.1, -0.05) is 11.6 Å². The molecular weight excluding hydrogens is 580 g/mol. The lowest BCUT2D eigenvalue weighted by molar-refractivity contribution is -0.144. The summed E-state index contributed by atoms with van der Waals surface area (Å²) in [6.07, 6.45) is 4.67. The lowest BCUT2D eigenvalue weighted by Crippen LogP contribution is -2.57. The summed E-state index contributed by atoms with van der Waals surface area (Å²) in [5, 5.41) is 2.76. The Balaban J connectivity index is 1.52. The van der Waals surface area contributed by atoms with Gasteiger partial charge in [0.1, 0.15) is 30.2 Å². The van der Waals surface area contributed by atoms with Crippen LogP contribution in [0, 0.1) is 5.41 Å². The molecule has 1 aromatic rings. The maximum Gasteiger partial charge on any atom is 0.416 e. The van der Waals surface area contributed by atoms with Gasteiger partial charge in [-0.25, -0.2) is 23.4 Å². The molecule has 5 rings (SSSR count). The highest BCUT2D eigenvalue weighted by molar-refractivity contribution is 5.87. The van der Waals surface area contributed by atoms with Gasteiger partial charge in [0.25, 0.3) is 5.91 Å². The number of hydrogen-bond acceptors (Lipinski definition) is 9. The quantitative estimate of drug-likeness (QED) is 0.469. The molecule has 4 heterocycles. The molecule has 1 N–H and O–H groups in total. The highest BCUT2D eigenvalue weighted by Crippen LogP contribution is 2.50. The number of carbonyl (C=O) groups is 3. The van der Waals surface area contributed by atoms with Crippen LogP contribution >= 0.6 is 0 Å². The Morgan fingerprint density at radius 1 is 1.23 bits per heavy atom. The number of amides is 3. The van der Waals surface area contributed by atoms with E-state index in [1.54, 1.807) is 25.7 Å². The molecule has 12 nitrogen and oxygen atoms in total. The van der Waals surface area contributed by atoms with Crippen molar-refractivity contribution in [3.05, 3.63) is 54.0 Å². The summed E-state index contributed by atoms with van der Waals surface area (Å²) in [4.78, 5) is 50.5. The van der Waals surface area contributed by atoms with Gasteiger partial charge in [-0.2, -0.15) is 0 Å². The minimum Gasteiger partial charge on any atom is -0.443 e. The lowest BCUT2D eigenvalue weighted by atomic mass is 9.64. The number of nitrogens with one attached hydrogen (secondary N) is 1. The van der Waals surface area contributed by atoms with Crippen LogP contribution in [-0.4, -0.2) is 88.8 Å². The summed E-state index contributed by atoms with van der Waals surface area (Å²) in [5.74, 6) is -1.66. The van der Waals surface area contributed by atoms with Gasteiger partial charge in [0.2, 0.25) is 0 Å². The molecule has 44 heavy (non-hydrogen) atoms. The van der Waals surface area contributed by atoms with Crippen molar-refractivity contribution in [2.75, 3.05) is 31.4 Å². The van der Waals surface area contributed by atoms with Gasteiger partial charge >= 0.3 is 12.2 Å². The molecular formula is C30H37F2N5O7. The molecule has 1 aromatic heterocycles. The highest BCUT2D eigenvalue weighted by atomic mass is 19.1. The van der Waals surface area contributed by atoms with Crippen molar-refractivity contribution in [1.82, 2.24) is 20.2 Å². The van der Waals surface area contributed by atoms with Gasteiger partial charge in [0, 0.05) is 36.9 Å². The van der Waals surface area contributed by atoms with Gasteiger partial charge < -0.3 is 29.2 Å². The molecule has 0 saturated carbocycles. The lowest BCUT2D eigenvalue weighted by Gasteiger charge is -2.48. The van der Waals surface area contributed by atoms with Crippen molar-refractivity contribution < 1.29 is 42.1 Å². The smallest absolute Gasteiger partial charge is 0.416 e. The standard InChI is InChI=1S/C30H37F2N5O7/c1-28(2,3)44-27(40)36(23-14-33-7-8-34-23)15-21-24(35-26(39)43-21)30(12-19(31)10-20(32)13-30)18-6-9-37(29(4,5)11-18)25(38)22-16-41-17-42-22/h7-8,10-12,14,21-22,24H,6,9,13,15-17H2,1-5H3,(H,35,39)/t21-,22+,24?,30?/m1/s1. The van der Waals surface area contributed by atoms with E-state index in [4.69, 9.17) is 18.9 Å². The van der Waals surface area contributed by atoms with Crippen LogP contribution in [-0.2, 0) is 23.7 Å². The zero-order chi connectivity index (χ0) is 31.9. The van der Waals surface area contributed by atoms with Crippen molar-refractivity contribution in [2.24, 2.45) is 5.41 Å². The average molecular weight is 618 g/mol. The third kappa shape index (κ3) is 6.46. The predicted molar refractivity (Wildman–Crippen MR) is 152 cm³/mol. The molecule has 0 bridgehead atoms. The molecule has 238 valence electrons. The molecule has 3 aliphatic heterocycles. The van der Waals surface area contributed by atoms with Gasteiger partial charge in [0.15, 0.2) is 11.9 Å². The first-order chi connectivity index (χ1) is 20.7. The Labute approximate surface area is 254 Å². The first kappa shape index (κ1) is 31.5. The number of halogens is 2. The van der Waals surface area contributed by atoms with Crippen molar-refractivity contribution in [1.29, 1.82) is 0 Å². The Kier molecular flexibility index (Phi) is 8.51. The van der Waals surface area contributed by atoms with Crippen LogP contribution in [0.15, 0.2) is 54.0 Å². The molecule has 3 amide bonds. The normalized spacial score (nSPS) is 28.3. The summed E-state index contributed by atoms with van der Waals surface area (Å²) in [6.45, 7) is 8.91. The molecule has 0 spiro atoms. The zero-order valence-electron chi connectivity index (χ0n) is 25.3. The molecule has 4 atom stereocenters. The van der Waals surface area contributed by atoms with Crippen molar-refractivity contribution in [3.8, 4) is 0 Å². The predicted octanol–water partition coefficient (Wildman–Crippen LogP) is 4.10. The molecule has 1 aliphatic carbocycles. The topological polar surface area (TPSA) is 132 Å². The third-order valence-electron chi connectivity index (χ3n) is 8.00. The number of carbonyl (C=O) groups excluding carboxylic acids is 3. The number of nitrogens with zero attached hydrogens (tertiary/aromatic N) is 4. The fraction of sp³-hybridized carbons (Fsp3) is 0.567. The minimum absolute atomic E-state index is 0.0300. The summed E-state index contributed by atoms with van der Waals surface area (Å²) in [7, 11) is 0. The maximum absolute atomic E-state index is 15.2. The Hall–Kier alpha value is -3.91. The Morgan fingerprint density at radius 2 is 2.00 bits per heavy atom. The van der Waals surface area contributed by atoms with E-state index >= 15 is 8.78 Å². The van der Waals surface area contributed by atoms with Crippen molar-refractivity contribution in [2.45, 2.75) is 76.9 Å². The summed E-state index contributed by atoms with van der Waals surface area (Å²) in [6, 6.07) is -1.02. The van der Waals surface area contributed by atoms with E-state index in [2.05, 4.69) is 15.3 Å². The highest BCUT2D eigenvalue weighted by Gasteiger charge is 2.54. The van der Waals surface area contributed by atoms with Crippen LogP contribution < -0.4 is 10.2 Å². The van der Waals surface area contributed by atoms with Crippen LogP contribution in [0.5, 0.6) is 0 Å². The van der Waals surface area contributed by atoms with Gasteiger partial charge in [-0.3, -0.25) is 14.7 Å². The fourth-order valence-corrected chi connectivity index (χ4v) is 6.18. The Bertz CT molecular complexity index is 1390. The van der Waals surface area contributed by atoms with E-state index in [1.807, 2.05) is 19.9 Å². The maximum atomic E-state index is 15.2. The van der Waals surface area contributed by atoms with E-state index in [0.29, 0.717) is 5.57 Å². The number of allylic oxidation sites excluding steroid dienone is 3. The summed E-state index contributed by atoms with van der Waals surface area (Å²) in [5.41, 5.74) is -2.56. The molecule has 2 unspecified atom stereocenters. The fourth-order valence-electron chi connectivity index (χ4n) is 6.18. The Morgan fingerprint density at radius 3 is 2.61 bits per heavy atom. The number of hydrogen-bond donors (Lipinski definition) is 1. The van der Waals surface area contributed by atoms with Crippen molar-refractivity contribution in [3.63, 3.8) is 0 Å². The molecule has 2 saturated heterocycles. The van der Waals surface area contributed by atoms with E-state index in [9.17, 15) is 14.4 Å². The van der Waals surface area contributed by atoms with Crippen LogP contribution in [0.1, 0.15) is 47.5 Å². The van der Waals surface area contributed by atoms with Gasteiger partial charge in [0.05, 0.1) is 30.9 Å².